The summed E-state index contributed by atoms with van der Waals surface area (Å²) in [7, 11) is 1.62. The van der Waals surface area contributed by atoms with Gasteiger partial charge in [-0.05, 0) is 33.3 Å². The van der Waals surface area contributed by atoms with Gasteiger partial charge in [0, 0.05) is 50.8 Å². The van der Waals surface area contributed by atoms with Gasteiger partial charge < -0.3 is 25.0 Å². The molecule has 4 amide bonds. The van der Waals surface area contributed by atoms with Gasteiger partial charge in [-0.3, -0.25) is 14.4 Å². The van der Waals surface area contributed by atoms with Crippen LogP contribution in [0.3, 0.4) is 0 Å². The Morgan fingerprint density at radius 3 is 2.58 bits per heavy atom. The highest BCUT2D eigenvalue weighted by molar-refractivity contribution is 7.07. The van der Waals surface area contributed by atoms with Crippen molar-refractivity contribution in [3.05, 3.63) is 52.5 Å². The fourth-order valence-corrected chi connectivity index (χ4v) is 5.82. The largest absolute Gasteiger partial charge is 0.444 e. The standard InChI is InChI=1S/C30H40N6O6S/c1-20(32-28(40)42-29(2,3)4)13-25(37)33-23(16-41-15-21-9-7-6-8-10-21)26(38)36-12-11-24-30(18-36,27(39)35(5)34-24)14-22-17-43-19-31-22/h6-10,17,19-20,23H,11-16,18H2,1-5H3,(H,32,40)(H,33,37)/t20-,23+,30+/m0/s1. The second-order valence-electron chi connectivity index (χ2n) is 12.0. The lowest BCUT2D eigenvalue weighted by atomic mass is 9.74. The first-order valence-corrected chi connectivity index (χ1v) is 15.2. The summed E-state index contributed by atoms with van der Waals surface area (Å²) in [5, 5.41) is 13.2. The average molecular weight is 613 g/mol. The van der Waals surface area contributed by atoms with Crippen LogP contribution in [0.2, 0.25) is 0 Å². The lowest BCUT2D eigenvalue weighted by Crippen LogP contribution is -2.59. The maximum atomic E-state index is 14.0. The number of aromatic nitrogens is 1. The molecule has 2 N–H and O–H groups in total. The van der Waals surface area contributed by atoms with Crippen LogP contribution >= 0.6 is 11.3 Å². The van der Waals surface area contributed by atoms with E-state index in [-0.39, 0.29) is 38.0 Å². The monoisotopic (exact) mass is 612 g/mol. The second kappa shape index (κ2) is 13.6. The highest BCUT2D eigenvalue weighted by Crippen LogP contribution is 2.38. The molecule has 43 heavy (non-hydrogen) atoms. The second-order valence-corrected chi connectivity index (χ2v) is 12.7. The van der Waals surface area contributed by atoms with Gasteiger partial charge in [-0.1, -0.05) is 30.3 Å². The molecule has 1 aromatic heterocycles. The molecule has 3 atom stereocenters. The van der Waals surface area contributed by atoms with Crippen molar-refractivity contribution in [3.8, 4) is 0 Å². The Balaban J connectivity index is 1.46. The van der Waals surface area contributed by atoms with Crippen LogP contribution in [0, 0.1) is 5.41 Å². The summed E-state index contributed by atoms with van der Waals surface area (Å²) in [5.74, 6) is -0.970. The molecule has 13 heteroatoms. The van der Waals surface area contributed by atoms with Crippen molar-refractivity contribution >= 4 is 40.9 Å². The number of alkyl carbamates (subject to hydrolysis) is 1. The molecule has 4 rings (SSSR count). The summed E-state index contributed by atoms with van der Waals surface area (Å²) in [6.07, 6.45) is 0.0516. The number of nitrogens with one attached hydrogen (secondary N) is 2. The van der Waals surface area contributed by atoms with Crippen LogP contribution in [0.25, 0.3) is 0 Å². The molecule has 1 saturated heterocycles. The van der Waals surface area contributed by atoms with Gasteiger partial charge in [0.2, 0.25) is 11.8 Å². The van der Waals surface area contributed by atoms with E-state index in [1.165, 1.54) is 16.3 Å². The zero-order valence-corrected chi connectivity index (χ0v) is 26.1. The lowest BCUT2D eigenvalue weighted by Gasteiger charge is -2.40. The number of hydrazone groups is 1. The first-order valence-electron chi connectivity index (χ1n) is 14.3. The number of nitrogens with zero attached hydrogens (tertiary/aromatic N) is 4. The summed E-state index contributed by atoms with van der Waals surface area (Å²) < 4.78 is 11.2. The zero-order chi connectivity index (χ0) is 31.2. The van der Waals surface area contributed by atoms with Gasteiger partial charge in [-0.2, -0.15) is 5.10 Å². The van der Waals surface area contributed by atoms with Crippen LogP contribution in [0.4, 0.5) is 4.79 Å². The lowest BCUT2D eigenvalue weighted by molar-refractivity contribution is -0.143. The number of hydrogen-bond donors (Lipinski definition) is 2. The van der Waals surface area contributed by atoms with Crippen molar-refractivity contribution in [1.29, 1.82) is 0 Å². The molecule has 2 aromatic rings. The van der Waals surface area contributed by atoms with Crippen molar-refractivity contribution in [1.82, 2.24) is 25.5 Å². The van der Waals surface area contributed by atoms with Gasteiger partial charge in [0.25, 0.3) is 5.91 Å². The molecule has 0 radical (unpaired) electrons. The van der Waals surface area contributed by atoms with Crippen molar-refractivity contribution in [2.75, 3.05) is 26.7 Å². The van der Waals surface area contributed by atoms with Crippen molar-refractivity contribution in [3.63, 3.8) is 0 Å². The minimum absolute atomic E-state index is 0.0717. The Hall–Kier alpha value is -3.84. The summed E-state index contributed by atoms with van der Waals surface area (Å²) in [6.45, 7) is 7.59. The molecule has 232 valence electrons. The number of ether oxygens (including phenoxy) is 2. The van der Waals surface area contributed by atoms with E-state index in [0.29, 0.717) is 19.4 Å². The molecule has 0 saturated carbocycles. The van der Waals surface area contributed by atoms with E-state index in [2.05, 4.69) is 20.7 Å². The normalized spacial score (nSPS) is 19.7. The summed E-state index contributed by atoms with van der Waals surface area (Å²) >= 11 is 1.44. The van der Waals surface area contributed by atoms with Crippen molar-refractivity contribution in [2.24, 2.45) is 10.5 Å². The summed E-state index contributed by atoms with van der Waals surface area (Å²) in [6, 6.07) is 7.97. The molecule has 0 spiro atoms. The first kappa shape index (κ1) is 32.1. The van der Waals surface area contributed by atoms with Gasteiger partial charge in [0.15, 0.2) is 0 Å². The quantitative estimate of drug-likeness (QED) is 0.397. The predicted molar refractivity (Wildman–Crippen MR) is 161 cm³/mol. The minimum Gasteiger partial charge on any atom is -0.444 e. The van der Waals surface area contributed by atoms with E-state index in [1.54, 1.807) is 45.2 Å². The van der Waals surface area contributed by atoms with Crippen molar-refractivity contribution in [2.45, 2.75) is 71.2 Å². The highest BCUT2D eigenvalue weighted by Gasteiger charge is 2.54. The Kier molecular flexibility index (Phi) is 10.2. The molecule has 0 aliphatic carbocycles. The van der Waals surface area contributed by atoms with E-state index in [4.69, 9.17) is 9.47 Å². The topological polar surface area (TPSA) is 143 Å². The van der Waals surface area contributed by atoms with E-state index in [0.717, 1.165) is 17.0 Å². The van der Waals surface area contributed by atoms with E-state index in [1.807, 2.05) is 35.7 Å². The Morgan fingerprint density at radius 1 is 1.16 bits per heavy atom. The third-order valence-electron chi connectivity index (χ3n) is 7.17. The number of benzene rings is 1. The smallest absolute Gasteiger partial charge is 0.407 e. The number of carbonyl (C=O) groups excluding carboxylic acids is 4. The summed E-state index contributed by atoms with van der Waals surface area (Å²) in [5.41, 5.74) is 2.45. The van der Waals surface area contributed by atoms with Gasteiger partial charge in [-0.15, -0.1) is 11.3 Å². The molecule has 0 bridgehead atoms. The highest BCUT2D eigenvalue weighted by atomic mass is 32.1. The number of amides is 4. The molecule has 3 heterocycles. The average Bonchev–Trinajstić information content (AvgIpc) is 3.52. The number of likely N-dealkylation sites (tertiary alicyclic amines) is 1. The third-order valence-corrected chi connectivity index (χ3v) is 7.80. The van der Waals surface area contributed by atoms with Crippen LogP contribution in [0.1, 0.15) is 51.8 Å². The van der Waals surface area contributed by atoms with E-state index >= 15 is 0 Å². The number of fused-ring (bicyclic) bond motifs is 1. The molecular weight excluding hydrogens is 572 g/mol. The van der Waals surface area contributed by atoms with Gasteiger partial charge in [-0.25, -0.2) is 14.8 Å². The Morgan fingerprint density at radius 2 is 1.91 bits per heavy atom. The van der Waals surface area contributed by atoms with Crippen LogP contribution in [0.15, 0.2) is 46.3 Å². The van der Waals surface area contributed by atoms with Crippen LogP contribution < -0.4 is 10.6 Å². The molecule has 2 aliphatic rings. The maximum Gasteiger partial charge on any atom is 0.407 e. The van der Waals surface area contributed by atoms with E-state index in [9.17, 15) is 19.2 Å². The number of rotatable bonds is 11. The fraction of sp³-hybridized carbons (Fsp3) is 0.533. The predicted octanol–water partition coefficient (Wildman–Crippen LogP) is 2.74. The Labute approximate surface area is 255 Å². The maximum absolute atomic E-state index is 14.0. The molecule has 2 aliphatic heterocycles. The van der Waals surface area contributed by atoms with Crippen LogP contribution in [-0.2, 0) is 36.9 Å². The number of hydrogen-bond acceptors (Lipinski definition) is 9. The van der Waals surface area contributed by atoms with Gasteiger partial charge >= 0.3 is 6.09 Å². The first-order chi connectivity index (χ1) is 20.4. The Bertz CT molecular complexity index is 1330. The van der Waals surface area contributed by atoms with E-state index < -0.39 is 35.1 Å². The third kappa shape index (κ3) is 8.38. The fourth-order valence-electron chi connectivity index (χ4n) is 5.26. The van der Waals surface area contributed by atoms with Gasteiger partial charge in [0.1, 0.15) is 17.1 Å². The molecular formula is C30H40N6O6S. The summed E-state index contributed by atoms with van der Waals surface area (Å²) in [4.78, 5) is 58.7. The molecule has 0 unspecified atom stereocenters. The number of piperidine rings is 1. The van der Waals surface area contributed by atoms with Crippen LogP contribution in [0.5, 0.6) is 0 Å². The van der Waals surface area contributed by atoms with Gasteiger partial charge in [0.05, 0.1) is 30.1 Å². The van der Waals surface area contributed by atoms with Crippen molar-refractivity contribution < 1.29 is 28.7 Å². The minimum atomic E-state index is -1.01. The van der Waals surface area contributed by atoms with Crippen LogP contribution in [-0.4, -0.2) is 88.8 Å². The molecule has 1 aromatic carbocycles. The number of thiazole rings is 1. The SMILES string of the molecule is C[C@@H](CC(=O)N[C@H](COCc1ccccc1)C(=O)N1CCC2=NN(C)C(=O)[C@]2(Cc2cscn2)C1)NC(=O)OC(C)(C)C. The number of carbonyl (C=O) groups is 4. The molecule has 1 fully saturated rings. The zero-order valence-electron chi connectivity index (χ0n) is 25.3. The molecule has 12 nitrogen and oxygen atoms in total.